The maximum Gasteiger partial charge on any atom is 0.262 e. The van der Waals surface area contributed by atoms with Gasteiger partial charge in [-0.15, -0.1) is 0 Å². The van der Waals surface area contributed by atoms with Crippen LogP contribution in [0, 0.1) is 0 Å². The highest BCUT2D eigenvalue weighted by Crippen LogP contribution is 2.29. The van der Waals surface area contributed by atoms with E-state index in [4.69, 9.17) is 4.74 Å². The Morgan fingerprint density at radius 2 is 1.94 bits per heavy atom. The van der Waals surface area contributed by atoms with Gasteiger partial charge in [-0.25, -0.2) is 17.7 Å². The van der Waals surface area contributed by atoms with Crippen LogP contribution in [0.4, 0.5) is 5.69 Å². The first-order chi connectivity index (χ1) is 15.2. The standard InChI is InChI=1S/C21H24N4O5S2/c1-5-25-20(27)15-8-6-7-9-16(15)23-21(25)31-13-19(26)22-17-12-14(10-11-18(17)30-4)32(28,29)24(2)3/h6-12H,5,13H2,1-4H3,(H,22,26). The molecule has 9 nitrogen and oxygen atoms in total. The van der Waals surface area contributed by atoms with Crippen molar-refractivity contribution in [1.82, 2.24) is 13.9 Å². The molecule has 0 unspecified atom stereocenters. The molecule has 0 aliphatic carbocycles. The highest BCUT2D eigenvalue weighted by atomic mass is 32.2. The average Bonchev–Trinajstić information content (AvgIpc) is 2.77. The Kier molecular flexibility index (Phi) is 7.22. The van der Waals surface area contributed by atoms with Gasteiger partial charge in [0, 0.05) is 20.6 Å². The molecule has 0 bridgehead atoms. The molecule has 1 aromatic heterocycles. The van der Waals surface area contributed by atoms with Crippen LogP contribution in [0.5, 0.6) is 5.75 Å². The van der Waals surface area contributed by atoms with Gasteiger partial charge in [0.05, 0.1) is 34.3 Å². The summed E-state index contributed by atoms with van der Waals surface area (Å²) in [6.45, 7) is 2.25. The quantitative estimate of drug-likeness (QED) is 0.393. The van der Waals surface area contributed by atoms with Gasteiger partial charge in [-0.2, -0.15) is 0 Å². The maximum absolute atomic E-state index is 12.7. The average molecular weight is 477 g/mol. The Bertz CT molecular complexity index is 1320. The lowest BCUT2D eigenvalue weighted by Gasteiger charge is -2.15. The van der Waals surface area contributed by atoms with Crippen molar-refractivity contribution >= 4 is 44.3 Å². The number of carbonyl (C=O) groups is 1. The summed E-state index contributed by atoms with van der Waals surface area (Å²) in [7, 11) is 0.610. The van der Waals surface area contributed by atoms with Crippen molar-refractivity contribution < 1.29 is 17.9 Å². The predicted molar refractivity (Wildman–Crippen MR) is 125 cm³/mol. The molecule has 0 aliphatic rings. The number of carbonyl (C=O) groups excluding carboxylic acids is 1. The van der Waals surface area contributed by atoms with Crippen molar-refractivity contribution in [3.63, 3.8) is 0 Å². The normalized spacial score (nSPS) is 11.7. The summed E-state index contributed by atoms with van der Waals surface area (Å²) in [6.07, 6.45) is 0. The summed E-state index contributed by atoms with van der Waals surface area (Å²) < 4.78 is 32.7. The largest absolute Gasteiger partial charge is 0.495 e. The number of nitrogens with zero attached hydrogens (tertiary/aromatic N) is 3. The molecule has 3 rings (SSSR count). The van der Waals surface area contributed by atoms with Gasteiger partial charge in [0.25, 0.3) is 5.56 Å². The lowest BCUT2D eigenvalue weighted by Crippen LogP contribution is -2.24. The van der Waals surface area contributed by atoms with Crippen molar-refractivity contribution in [2.75, 3.05) is 32.3 Å². The van der Waals surface area contributed by atoms with Gasteiger partial charge < -0.3 is 10.1 Å². The van der Waals surface area contributed by atoms with Gasteiger partial charge in [0.1, 0.15) is 5.75 Å². The third-order valence-electron chi connectivity index (χ3n) is 4.70. The zero-order valence-corrected chi connectivity index (χ0v) is 19.8. The molecular weight excluding hydrogens is 452 g/mol. The number of anilines is 1. The molecule has 0 spiro atoms. The summed E-state index contributed by atoms with van der Waals surface area (Å²) in [5, 5.41) is 3.64. The summed E-state index contributed by atoms with van der Waals surface area (Å²) >= 11 is 1.13. The van der Waals surface area contributed by atoms with Crippen LogP contribution >= 0.6 is 11.8 Å². The third-order valence-corrected chi connectivity index (χ3v) is 7.49. The number of sulfonamides is 1. The topological polar surface area (TPSA) is 111 Å². The second kappa shape index (κ2) is 9.72. The molecule has 11 heteroatoms. The Labute approximate surface area is 190 Å². The second-order valence-corrected chi connectivity index (χ2v) is 10.0. The fourth-order valence-electron chi connectivity index (χ4n) is 3.01. The predicted octanol–water partition coefficient (Wildman–Crippen LogP) is 2.41. The van der Waals surface area contributed by atoms with Gasteiger partial charge >= 0.3 is 0 Å². The molecule has 170 valence electrons. The van der Waals surface area contributed by atoms with Crippen LogP contribution in [0.2, 0.25) is 0 Å². The lowest BCUT2D eigenvalue weighted by atomic mass is 10.2. The van der Waals surface area contributed by atoms with Crippen molar-refractivity contribution in [1.29, 1.82) is 0 Å². The number of aromatic nitrogens is 2. The van der Waals surface area contributed by atoms with E-state index in [0.29, 0.717) is 28.4 Å². The number of fused-ring (bicyclic) bond motifs is 1. The van der Waals surface area contributed by atoms with E-state index in [9.17, 15) is 18.0 Å². The Morgan fingerprint density at radius 1 is 1.22 bits per heavy atom. The number of methoxy groups -OCH3 is 1. The van der Waals surface area contributed by atoms with Gasteiger partial charge in [-0.05, 0) is 37.3 Å². The van der Waals surface area contributed by atoms with E-state index < -0.39 is 15.9 Å². The van der Waals surface area contributed by atoms with E-state index in [1.165, 1.54) is 44.0 Å². The summed E-state index contributed by atoms with van der Waals surface area (Å²) in [5.41, 5.74) is 0.637. The molecule has 2 aromatic carbocycles. The van der Waals surface area contributed by atoms with Crippen LogP contribution < -0.4 is 15.6 Å². The zero-order valence-electron chi connectivity index (χ0n) is 18.2. The minimum atomic E-state index is -3.68. The van der Waals surface area contributed by atoms with E-state index in [0.717, 1.165) is 16.1 Å². The molecule has 3 aromatic rings. The SMILES string of the molecule is CCn1c(SCC(=O)Nc2cc(S(=O)(=O)N(C)C)ccc2OC)nc2ccccc2c1=O. The molecule has 0 saturated heterocycles. The monoisotopic (exact) mass is 476 g/mol. The molecule has 1 amide bonds. The van der Waals surface area contributed by atoms with Crippen molar-refractivity contribution in [2.45, 2.75) is 23.5 Å². The zero-order chi connectivity index (χ0) is 23.5. The smallest absolute Gasteiger partial charge is 0.262 e. The number of rotatable bonds is 8. The molecule has 1 N–H and O–H groups in total. The number of thioether (sulfide) groups is 1. The second-order valence-electron chi connectivity index (χ2n) is 6.95. The van der Waals surface area contributed by atoms with Crippen molar-refractivity contribution in [3.05, 3.63) is 52.8 Å². The highest BCUT2D eigenvalue weighted by molar-refractivity contribution is 7.99. The highest BCUT2D eigenvalue weighted by Gasteiger charge is 2.20. The number of hydrogen-bond acceptors (Lipinski definition) is 7. The number of para-hydroxylation sites is 1. The van der Waals surface area contributed by atoms with E-state index in [1.54, 1.807) is 24.3 Å². The summed E-state index contributed by atoms with van der Waals surface area (Å²) in [6, 6.07) is 11.3. The summed E-state index contributed by atoms with van der Waals surface area (Å²) in [4.78, 5) is 29.9. The first-order valence-corrected chi connectivity index (χ1v) is 12.1. The van der Waals surface area contributed by atoms with E-state index in [2.05, 4.69) is 10.3 Å². The number of hydrogen-bond donors (Lipinski definition) is 1. The Morgan fingerprint density at radius 3 is 2.59 bits per heavy atom. The van der Waals surface area contributed by atoms with Crippen LogP contribution in [0.3, 0.4) is 0 Å². The molecule has 0 radical (unpaired) electrons. The number of nitrogens with one attached hydrogen (secondary N) is 1. The van der Waals surface area contributed by atoms with Crippen LogP contribution in [-0.2, 0) is 21.4 Å². The fraction of sp³-hybridized carbons (Fsp3) is 0.286. The first-order valence-electron chi connectivity index (χ1n) is 9.71. The molecule has 1 heterocycles. The molecule has 0 saturated carbocycles. The van der Waals surface area contributed by atoms with Crippen molar-refractivity contribution in [2.24, 2.45) is 0 Å². The number of amides is 1. The van der Waals surface area contributed by atoms with E-state index in [1.807, 2.05) is 6.92 Å². The van der Waals surface area contributed by atoms with Crippen LogP contribution in [0.25, 0.3) is 10.9 Å². The third kappa shape index (κ3) is 4.79. The van der Waals surface area contributed by atoms with Gasteiger partial charge in [-0.1, -0.05) is 23.9 Å². The maximum atomic E-state index is 12.7. The Hall–Kier alpha value is -2.89. The fourth-order valence-corrected chi connectivity index (χ4v) is 4.80. The van der Waals surface area contributed by atoms with E-state index in [-0.39, 0.29) is 21.9 Å². The van der Waals surface area contributed by atoms with Crippen LogP contribution in [0.1, 0.15) is 6.92 Å². The number of ether oxygens (including phenoxy) is 1. The van der Waals surface area contributed by atoms with Crippen molar-refractivity contribution in [3.8, 4) is 5.75 Å². The molecule has 0 fully saturated rings. The van der Waals surface area contributed by atoms with Gasteiger partial charge in [0.2, 0.25) is 15.9 Å². The molecule has 0 aliphatic heterocycles. The van der Waals surface area contributed by atoms with Crippen LogP contribution in [0.15, 0.2) is 57.3 Å². The van der Waals surface area contributed by atoms with Gasteiger partial charge in [0.15, 0.2) is 5.16 Å². The lowest BCUT2D eigenvalue weighted by molar-refractivity contribution is -0.113. The summed E-state index contributed by atoms with van der Waals surface area (Å²) in [5.74, 6) is -0.0911. The Balaban J connectivity index is 1.83. The minimum Gasteiger partial charge on any atom is -0.495 e. The first kappa shape index (κ1) is 23.8. The van der Waals surface area contributed by atoms with Crippen LogP contribution in [-0.4, -0.2) is 55.1 Å². The molecule has 32 heavy (non-hydrogen) atoms. The minimum absolute atomic E-state index is 0.0292. The van der Waals surface area contributed by atoms with E-state index >= 15 is 0 Å². The van der Waals surface area contributed by atoms with Gasteiger partial charge in [-0.3, -0.25) is 14.2 Å². The molecular formula is C21H24N4O5S2. The molecule has 0 atom stereocenters. The number of benzene rings is 2.